The molecular formula is C28H24ClN5O2S2. The number of aryl methyl sites for hydroxylation is 1. The first-order valence-corrected chi connectivity index (χ1v) is 13.9. The summed E-state index contributed by atoms with van der Waals surface area (Å²) in [5.74, 6) is 1.24. The normalized spacial score (nSPS) is 11.0. The summed E-state index contributed by atoms with van der Waals surface area (Å²) in [5.41, 5.74) is 4.65. The molecule has 5 aromatic rings. The minimum Gasteiger partial charge on any atom is -0.496 e. The fraction of sp³-hybridized carbons (Fsp3) is 0.143. The van der Waals surface area contributed by atoms with E-state index in [1.54, 1.807) is 42.7 Å². The molecule has 10 heteroatoms. The number of ether oxygens (including phenoxy) is 1. The molecule has 2 heterocycles. The van der Waals surface area contributed by atoms with E-state index in [1.807, 2.05) is 34.9 Å². The predicted molar refractivity (Wildman–Crippen MR) is 156 cm³/mol. The number of methoxy groups -OCH3 is 1. The molecule has 7 nitrogen and oxygen atoms in total. The van der Waals surface area contributed by atoms with E-state index >= 15 is 0 Å². The standard InChI is InChI=1S/C28H24ClN5O2S2/c1-4-13-34-26(21-15-19(29)8-12-23(21)36-3)32-33-28(34)37-16-25(35)30-20-9-6-18(7-10-20)27-31-22-11-5-17(2)14-24(22)38-27/h4-12,14-15H,1,13,16H2,2-3H3,(H,30,35). The summed E-state index contributed by atoms with van der Waals surface area (Å²) in [6, 6.07) is 19.3. The third-order valence-corrected chi connectivity index (χ3v) is 7.99. The number of rotatable bonds is 9. The Bertz CT molecular complexity index is 1630. The van der Waals surface area contributed by atoms with Crippen LogP contribution in [0.3, 0.4) is 0 Å². The number of hydrogen-bond acceptors (Lipinski definition) is 7. The van der Waals surface area contributed by atoms with E-state index in [4.69, 9.17) is 21.3 Å². The van der Waals surface area contributed by atoms with Crippen molar-refractivity contribution in [2.24, 2.45) is 0 Å². The first-order valence-electron chi connectivity index (χ1n) is 11.7. The van der Waals surface area contributed by atoms with Gasteiger partial charge in [0, 0.05) is 22.8 Å². The van der Waals surface area contributed by atoms with Crippen LogP contribution in [0.2, 0.25) is 5.02 Å². The second-order valence-corrected chi connectivity index (χ2v) is 10.9. The smallest absolute Gasteiger partial charge is 0.234 e. The van der Waals surface area contributed by atoms with E-state index in [2.05, 4.69) is 41.1 Å². The molecule has 0 unspecified atom stereocenters. The highest BCUT2D eigenvalue weighted by Crippen LogP contribution is 2.34. The van der Waals surface area contributed by atoms with E-state index in [0.29, 0.717) is 39.5 Å². The minimum atomic E-state index is -0.145. The van der Waals surface area contributed by atoms with Crippen LogP contribution in [0, 0.1) is 6.92 Å². The molecule has 1 N–H and O–H groups in total. The summed E-state index contributed by atoms with van der Waals surface area (Å²) in [7, 11) is 1.59. The summed E-state index contributed by atoms with van der Waals surface area (Å²) >= 11 is 9.17. The van der Waals surface area contributed by atoms with E-state index in [1.165, 1.54) is 17.3 Å². The Morgan fingerprint density at radius 1 is 1.16 bits per heavy atom. The van der Waals surface area contributed by atoms with Gasteiger partial charge in [-0.25, -0.2) is 4.98 Å². The van der Waals surface area contributed by atoms with Gasteiger partial charge in [0.25, 0.3) is 0 Å². The van der Waals surface area contributed by atoms with Gasteiger partial charge in [0.1, 0.15) is 10.8 Å². The number of fused-ring (bicyclic) bond motifs is 1. The molecule has 0 fully saturated rings. The molecule has 0 aliphatic rings. The quantitative estimate of drug-likeness (QED) is 0.152. The van der Waals surface area contributed by atoms with Gasteiger partial charge in [-0.1, -0.05) is 35.5 Å². The highest BCUT2D eigenvalue weighted by Gasteiger charge is 2.18. The van der Waals surface area contributed by atoms with Crippen molar-refractivity contribution >= 4 is 56.5 Å². The monoisotopic (exact) mass is 561 g/mol. The average molecular weight is 562 g/mol. The SMILES string of the molecule is C=CCn1c(SCC(=O)Nc2ccc(-c3nc4ccc(C)cc4s3)cc2)nnc1-c1cc(Cl)ccc1OC. The summed E-state index contributed by atoms with van der Waals surface area (Å²) < 4.78 is 8.52. The number of hydrogen-bond donors (Lipinski definition) is 1. The molecule has 3 aromatic carbocycles. The van der Waals surface area contributed by atoms with Crippen LogP contribution in [-0.4, -0.2) is 38.5 Å². The molecule has 0 bridgehead atoms. The Morgan fingerprint density at radius 3 is 2.74 bits per heavy atom. The first-order chi connectivity index (χ1) is 18.4. The number of thioether (sulfide) groups is 1. The van der Waals surface area contributed by atoms with Crippen molar-refractivity contribution in [1.29, 1.82) is 0 Å². The molecule has 0 atom stereocenters. The fourth-order valence-corrected chi connectivity index (χ4v) is 5.91. The highest BCUT2D eigenvalue weighted by molar-refractivity contribution is 7.99. The lowest BCUT2D eigenvalue weighted by atomic mass is 10.2. The molecule has 0 aliphatic heterocycles. The summed E-state index contributed by atoms with van der Waals surface area (Å²) in [5, 5.41) is 13.7. The van der Waals surface area contributed by atoms with Gasteiger partial charge in [-0.05, 0) is 67.1 Å². The zero-order chi connectivity index (χ0) is 26.6. The Labute approximate surface area is 233 Å². The van der Waals surface area contributed by atoms with Crippen LogP contribution in [-0.2, 0) is 11.3 Å². The molecule has 5 rings (SSSR count). The van der Waals surface area contributed by atoms with Gasteiger partial charge in [0.05, 0.1) is 28.6 Å². The first kappa shape index (κ1) is 26.0. The third kappa shape index (κ3) is 5.60. The van der Waals surface area contributed by atoms with Crippen LogP contribution in [0.5, 0.6) is 5.75 Å². The van der Waals surface area contributed by atoms with Crippen LogP contribution < -0.4 is 10.1 Å². The Balaban J connectivity index is 1.26. The largest absolute Gasteiger partial charge is 0.496 e. The number of anilines is 1. The van der Waals surface area contributed by atoms with Crippen molar-refractivity contribution in [3.05, 3.63) is 83.9 Å². The van der Waals surface area contributed by atoms with Crippen LogP contribution in [0.15, 0.2) is 78.5 Å². The number of benzene rings is 3. The molecule has 0 spiro atoms. The highest BCUT2D eigenvalue weighted by atomic mass is 35.5. The minimum absolute atomic E-state index is 0.145. The van der Waals surface area contributed by atoms with Gasteiger partial charge in [-0.3, -0.25) is 9.36 Å². The topological polar surface area (TPSA) is 81.9 Å². The maximum absolute atomic E-state index is 12.7. The van der Waals surface area contributed by atoms with E-state index in [-0.39, 0.29) is 11.7 Å². The van der Waals surface area contributed by atoms with E-state index in [9.17, 15) is 4.79 Å². The third-order valence-electron chi connectivity index (χ3n) is 5.72. The fourth-order valence-electron chi connectivity index (χ4n) is 3.92. The van der Waals surface area contributed by atoms with Crippen LogP contribution in [0.4, 0.5) is 5.69 Å². The molecule has 1 amide bonds. The number of amides is 1. The lowest BCUT2D eigenvalue weighted by Crippen LogP contribution is -2.14. The molecule has 0 radical (unpaired) electrons. The lowest BCUT2D eigenvalue weighted by Gasteiger charge is -2.11. The van der Waals surface area contributed by atoms with Crippen molar-refractivity contribution in [1.82, 2.24) is 19.7 Å². The lowest BCUT2D eigenvalue weighted by molar-refractivity contribution is -0.113. The molecule has 0 saturated heterocycles. The Hall–Kier alpha value is -3.66. The second kappa shape index (κ2) is 11.4. The number of carbonyl (C=O) groups is 1. The molecular weight excluding hydrogens is 538 g/mol. The van der Waals surface area contributed by atoms with Gasteiger partial charge in [-0.15, -0.1) is 28.1 Å². The molecule has 2 aromatic heterocycles. The number of thiazole rings is 1. The number of nitrogens with zero attached hydrogens (tertiary/aromatic N) is 4. The number of carbonyl (C=O) groups excluding carboxylic acids is 1. The van der Waals surface area contributed by atoms with Gasteiger partial charge < -0.3 is 10.1 Å². The zero-order valence-electron chi connectivity index (χ0n) is 20.8. The zero-order valence-corrected chi connectivity index (χ0v) is 23.2. The van der Waals surface area contributed by atoms with Crippen LogP contribution in [0.25, 0.3) is 32.2 Å². The summed E-state index contributed by atoms with van der Waals surface area (Å²) in [6.45, 7) is 6.39. The van der Waals surface area contributed by atoms with E-state index in [0.717, 1.165) is 20.8 Å². The maximum Gasteiger partial charge on any atom is 0.234 e. The van der Waals surface area contributed by atoms with Crippen molar-refractivity contribution in [3.8, 4) is 27.7 Å². The Kier molecular flexibility index (Phi) is 7.78. The molecule has 192 valence electrons. The van der Waals surface area contributed by atoms with Gasteiger partial charge in [0.15, 0.2) is 11.0 Å². The molecule has 38 heavy (non-hydrogen) atoms. The van der Waals surface area contributed by atoms with E-state index < -0.39 is 0 Å². The molecule has 0 aliphatic carbocycles. The summed E-state index contributed by atoms with van der Waals surface area (Å²) in [4.78, 5) is 17.5. The second-order valence-electron chi connectivity index (χ2n) is 8.45. The summed E-state index contributed by atoms with van der Waals surface area (Å²) in [6.07, 6.45) is 1.75. The maximum atomic E-state index is 12.7. The predicted octanol–water partition coefficient (Wildman–Crippen LogP) is 7.11. The number of halogens is 1. The van der Waals surface area contributed by atoms with Crippen molar-refractivity contribution in [3.63, 3.8) is 0 Å². The van der Waals surface area contributed by atoms with Gasteiger partial charge >= 0.3 is 0 Å². The number of allylic oxidation sites excluding steroid dienone is 1. The van der Waals surface area contributed by atoms with Crippen molar-refractivity contribution in [2.45, 2.75) is 18.6 Å². The van der Waals surface area contributed by atoms with Crippen LogP contribution >= 0.6 is 34.7 Å². The van der Waals surface area contributed by atoms with Gasteiger partial charge in [-0.2, -0.15) is 0 Å². The number of aromatic nitrogens is 4. The van der Waals surface area contributed by atoms with Crippen molar-refractivity contribution in [2.75, 3.05) is 18.2 Å². The van der Waals surface area contributed by atoms with Crippen molar-refractivity contribution < 1.29 is 9.53 Å². The van der Waals surface area contributed by atoms with Gasteiger partial charge in [0.2, 0.25) is 5.91 Å². The number of nitrogens with one attached hydrogen (secondary N) is 1. The van der Waals surface area contributed by atoms with Crippen LogP contribution in [0.1, 0.15) is 5.56 Å². The average Bonchev–Trinajstić information content (AvgIpc) is 3.52. The Morgan fingerprint density at radius 2 is 1.97 bits per heavy atom. The molecule has 0 saturated carbocycles.